The Bertz CT molecular complexity index is 189. The minimum Gasteiger partial charge on any atom is -0.465 e. The van der Waals surface area contributed by atoms with Crippen molar-refractivity contribution in [3.05, 3.63) is 0 Å². The van der Waals surface area contributed by atoms with Gasteiger partial charge in [0.1, 0.15) is 0 Å². The minimum atomic E-state index is 0.0376. The summed E-state index contributed by atoms with van der Waals surface area (Å²) in [6.07, 6.45) is 4.41. The van der Waals surface area contributed by atoms with Gasteiger partial charge in [0.25, 0.3) is 0 Å². The Kier molecular flexibility index (Phi) is 4.43. The fraction of sp³-hybridized carbons (Fsp3) is 0.917. The zero-order valence-corrected chi connectivity index (χ0v) is 9.58. The smallest absolute Gasteiger partial charge is 0.309 e. The van der Waals surface area contributed by atoms with Gasteiger partial charge in [0.2, 0.25) is 0 Å². The highest BCUT2D eigenvalue weighted by Crippen LogP contribution is 2.35. The van der Waals surface area contributed by atoms with Gasteiger partial charge < -0.3 is 4.74 Å². The van der Waals surface area contributed by atoms with E-state index in [1.807, 2.05) is 0 Å². The summed E-state index contributed by atoms with van der Waals surface area (Å²) in [6.45, 7) is 7.13. The molecule has 0 aromatic heterocycles. The van der Waals surface area contributed by atoms with Crippen molar-refractivity contribution in [1.82, 2.24) is 0 Å². The Morgan fingerprint density at radius 3 is 2.50 bits per heavy atom. The summed E-state index contributed by atoms with van der Waals surface area (Å²) in [7, 11) is 0. The van der Waals surface area contributed by atoms with Crippen molar-refractivity contribution in [3.63, 3.8) is 0 Å². The van der Waals surface area contributed by atoms with Crippen LogP contribution in [-0.2, 0) is 9.53 Å². The van der Waals surface area contributed by atoms with E-state index < -0.39 is 0 Å². The standard InChI is InChI=1S/C12H22O2/c1-4-7-11-9(5-2)8-14-12(13)10(11)6-3/h9-11H,4-8H2,1-3H3. The lowest BCUT2D eigenvalue weighted by molar-refractivity contribution is -0.162. The number of carbonyl (C=O) groups excluding carboxylic acids is 1. The molecule has 82 valence electrons. The molecule has 0 amide bonds. The van der Waals surface area contributed by atoms with Crippen LogP contribution in [0.25, 0.3) is 0 Å². The summed E-state index contributed by atoms with van der Waals surface area (Å²) >= 11 is 0. The highest BCUT2D eigenvalue weighted by atomic mass is 16.5. The van der Waals surface area contributed by atoms with Crippen molar-refractivity contribution >= 4 is 5.97 Å². The van der Waals surface area contributed by atoms with Gasteiger partial charge in [0, 0.05) is 0 Å². The number of rotatable bonds is 4. The van der Waals surface area contributed by atoms with Crippen LogP contribution in [0, 0.1) is 17.8 Å². The molecule has 1 fully saturated rings. The van der Waals surface area contributed by atoms with Gasteiger partial charge in [0.15, 0.2) is 0 Å². The van der Waals surface area contributed by atoms with Crippen LogP contribution in [0.4, 0.5) is 0 Å². The monoisotopic (exact) mass is 198 g/mol. The molecule has 0 bridgehead atoms. The first kappa shape index (κ1) is 11.5. The van der Waals surface area contributed by atoms with Crippen molar-refractivity contribution in [3.8, 4) is 0 Å². The van der Waals surface area contributed by atoms with Crippen LogP contribution in [0.5, 0.6) is 0 Å². The zero-order valence-electron chi connectivity index (χ0n) is 9.58. The number of esters is 1. The van der Waals surface area contributed by atoms with Gasteiger partial charge in [-0.05, 0) is 31.1 Å². The number of hydrogen-bond acceptors (Lipinski definition) is 2. The van der Waals surface area contributed by atoms with Gasteiger partial charge in [-0.1, -0.05) is 27.2 Å². The molecule has 2 heteroatoms. The molecule has 0 saturated carbocycles. The molecule has 0 N–H and O–H groups in total. The highest BCUT2D eigenvalue weighted by Gasteiger charge is 2.37. The second kappa shape index (κ2) is 5.38. The first-order chi connectivity index (χ1) is 6.74. The summed E-state index contributed by atoms with van der Waals surface area (Å²) in [5, 5.41) is 0. The average Bonchev–Trinajstić information content (AvgIpc) is 2.19. The topological polar surface area (TPSA) is 26.3 Å². The summed E-state index contributed by atoms with van der Waals surface area (Å²) in [5.41, 5.74) is 0. The van der Waals surface area contributed by atoms with Crippen molar-refractivity contribution < 1.29 is 9.53 Å². The van der Waals surface area contributed by atoms with Crippen molar-refractivity contribution in [2.45, 2.75) is 46.5 Å². The maximum atomic E-state index is 11.5. The molecule has 3 unspecified atom stereocenters. The number of ether oxygens (including phenoxy) is 1. The van der Waals surface area contributed by atoms with E-state index >= 15 is 0 Å². The molecular weight excluding hydrogens is 176 g/mol. The minimum absolute atomic E-state index is 0.0376. The van der Waals surface area contributed by atoms with Gasteiger partial charge in [-0.2, -0.15) is 0 Å². The predicted octanol–water partition coefficient (Wildman–Crippen LogP) is 3.01. The quantitative estimate of drug-likeness (QED) is 0.649. The van der Waals surface area contributed by atoms with Gasteiger partial charge in [-0.3, -0.25) is 4.79 Å². The van der Waals surface area contributed by atoms with Crippen LogP contribution in [-0.4, -0.2) is 12.6 Å². The number of carbonyl (C=O) groups is 1. The molecule has 3 atom stereocenters. The Balaban J connectivity index is 2.69. The molecule has 1 heterocycles. The van der Waals surface area contributed by atoms with Gasteiger partial charge in [-0.25, -0.2) is 0 Å². The van der Waals surface area contributed by atoms with E-state index in [0.29, 0.717) is 18.4 Å². The second-order valence-corrected chi connectivity index (χ2v) is 4.27. The Labute approximate surface area is 87.0 Å². The first-order valence-corrected chi connectivity index (χ1v) is 5.91. The van der Waals surface area contributed by atoms with Crippen LogP contribution in [0.15, 0.2) is 0 Å². The Morgan fingerprint density at radius 2 is 2.00 bits per heavy atom. The van der Waals surface area contributed by atoms with Gasteiger partial charge >= 0.3 is 5.97 Å². The molecule has 0 aromatic rings. The summed E-state index contributed by atoms with van der Waals surface area (Å²) in [6, 6.07) is 0. The normalized spacial score (nSPS) is 32.8. The van der Waals surface area contributed by atoms with Crippen LogP contribution >= 0.6 is 0 Å². The maximum absolute atomic E-state index is 11.5. The fourth-order valence-corrected chi connectivity index (χ4v) is 2.58. The first-order valence-electron chi connectivity index (χ1n) is 5.91. The second-order valence-electron chi connectivity index (χ2n) is 4.27. The highest BCUT2D eigenvalue weighted by molar-refractivity contribution is 5.73. The zero-order chi connectivity index (χ0) is 10.6. The van der Waals surface area contributed by atoms with Crippen molar-refractivity contribution in [2.75, 3.05) is 6.61 Å². The van der Waals surface area contributed by atoms with E-state index in [1.54, 1.807) is 0 Å². The fourth-order valence-electron chi connectivity index (χ4n) is 2.58. The number of hydrogen-bond donors (Lipinski definition) is 0. The SMILES string of the molecule is CCCC1C(CC)COC(=O)C1CC. The molecule has 0 aromatic carbocycles. The average molecular weight is 198 g/mol. The third-order valence-corrected chi connectivity index (χ3v) is 3.45. The lowest BCUT2D eigenvalue weighted by atomic mass is 9.75. The van der Waals surface area contributed by atoms with E-state index in [-0.39, 0.29) is 11.9 Å². The summed E-state index contributed by atoms with van der Waals surface area (Å²) in [5.74, 6) is 1.36. The van der Waals surface area contributed by atoms with E-state index in [4.69, 9.17) is 4.74 Å². The van der Waals surface area contributed by atoms with Crippen molar-refractivity contribution in [1.29, 1.82) is 0 Å². The third-order valence-electron chi connectivity index (χ3n) is 3.45. The molecule has 14 heavy (non-hydrogen) atoms. The molecule has 1 aliphatic rings. The third kappa shape index (κ3) is 2.28. The van der Waals surface area contributed by atoms with Crippen LogP contribution in [0.2, 0.25) is 0 Å². The van der Waals surface area contributed by atoms with E-state index in [0.717, 1.165) is 12.8 Å². The molecular formula is C12H22O2. The molecule has 1 aliphatic heterocycles. The lowest BCUT2D eigenvalue weighted by Gasteiger charge is -2.36. The van der Waals surface area contributed by atoms with Gasteiger partial charge in [-0.15, -0.1) is 0 Å². The Morgan fingerprint density at radius 1 is 1.29 bits per heavy atom. The van der Waals surface area contributed by atoms with E-state index in [1.165, 1.54) is 12.8 Å². The molecule has 1 rings (SSSR count). The summed E-state index contributed by atoms with van der Waals surface area (Å²) < 4.78 is 5.22. The van der Waals surface area contributed by atoms with Crippen LogP contribution in [0.3, 0.4) is 0 Å². The molecule has 0 radical (unpaired) electrons. The molecule has 0 spiro atoms. The maximum Gasteiger partial charge on any atom is 0.309 e. The molecule has 1 saturated heterocycles. The van der Waals surface area contributed by atoms with Gasteiger partial charge in [0.05, 0.1) is 12.5 Å². The predicted molar refractivity (Wildman–Crippen MR) is 56.9 cm³/mol. The lowest BCUT2D eigenvalue weighted by Crippen LogP contribution is -2.38. The largest absolute Gasteiger partial charge is 0.465 e. The van der Waals surface area contributed by atoms with E-state index in [2.05, 4.69) is 20.8 Å². The van der Waals surface area contributed by atoms with Crippen LogP contribution < -0.4 is 0 Å². The van der Waals surface area contributed by atoms with Crippen molar-refractivity contribution in [2.24, 2.45) is 17.8 Å². The molecule has 0 aliphatic carbocycles. The number of cyclic esters (lactones) is 1. The van der Waals surface area contributed by atoms with Crippen LogP contribution in [0.1, 0.15) is 46.5 Å². The van der Waals surface area contributed by atoms with E-state index in [9.17, 15) is 4.79 Å². The Hall–Kier alpha value is -0.530. The molecule has 2 nitrogen and oxygen atoms in total. The summed E-state index contributed by atoms with van der Waals surface area (Å²) in [4.78, 5) is 11.5.